The van der Waals surface area contributed by atoms with E-state index in [9.17, 15) is 0 Å². The zero-order valence-corrected chi connectivity index (χ0v) is 15.5. The fourth-order valence-electron chi connectivity index (χ4n) is 2.66. The molecule has 0 fully saturated rings. The minimum absolute atomic E-state index is 0.00151. The molecule has 1 aromatic carbocycles. The van der Waals surface area contributed by atoms with E-state index in [1.54, 1.807) is 18.5 Å². The summed E-state index contributed by atoms with van der Waals surface area (Å²) < 4.78 is 0. The topological polar surface area (TPSA) is 125 Å². The van der Waals surface area contributed by atoms with Crippen molar-refractivity contribution in [1.29, 1.82) is 0 Å². The third kappa shape index (κ3) is 4.00. The van der Waals surface area contributed by atoms with E-state index >= 15 is 0 Å². The maximum absolute atomic E-state index is 8.88. The molecule has 0 spiro atoms. The molecule has 4 rings (SSSR count). The van der Waals surface area contributed by atoms with Crippen molar-refractivity contribution in [3.63, 3.8) is 0 Å². The van der Waals surface area contributed by atoms with Crippen molar-refractivity contribution < 1.29 is 5.11 Å². The number of nitrogens with one attached hydrogen (secondary N) is 3. The Morgan fingerprint density at radius 2 is 1.96 bits per heavy atom. The summed E-state index contributed by atoms with van der Waals surface area (Å²) in [4.78, 5) is 17.4. The summed E-state index contributed by atoms with van der Waals surface area (Å²) in [6, 6.07) is 9.37. The summed E-state index contributed by atoms with van der Waals surface area (Å²) in [5.41, 5.74) is 2.90. The van der Waals surface area contributed by atoms with Crippen molar-refractivity contribution >= 4 is 34.5 Å². The molecule has 10 heteroatoms. The highest BCUT2D eigenvalue weighted by molar-refractivity contribution is 6.30. The smallest absolute Gasteiger partial charge is 0.224 e. The molecule has 0 unspecified atom stereocenters. The molecule has 0 saturated carbocycles. The predicted molar refractivity (Wildman–Crippen MR) is 107 cm³/mol. The Kier molecular flexibility index (Phi) is 5.27. The number of hydrogen-bond donors (Lipinski definition) is 4. The number of aromatic amines is 1. The van der Waals surface area contributed by atoms with Crippen molar-refractivity contribution in [2.75, 3.05) is 23.8 Å². The largest absolute Gasteiger partial charge is 0.395 e. The van der Waals surface area contributed by atoms with E-state index < -0.39 is 0 Å². The van der Waals surface area contributed by atoms with E-state index in [1.807, 2.05) is 24.3 Å². The highest BCUT2D eigenvalue weighted by Crippen LogP contribution is 2.24. The van der Waals surface area contributed by atoms with Crippen molar-refractivity contribution in [3.05, 3.63) is 53.3 Å². The third-order valence-electron chi connectivity index (χ3n) is 3.95. The van der Waals surface area contributed by atoms with E-state index in [0.717, 1.165) is 10.9 Å². The summed E-state index contributed by atoms with van der Waals surface area (Å²) in [6.07, 6.45) is 3.34. The Morgan fingerprint density at radius 1 is 1.07 bits per heavy atom. The number of nitrogens with zero attached hydrogens (tertiary/aromatic N) is 5. The molecule has 4 N–H and O–H groups in total. The van der Waals surface area contributed by atoms with Crippen LogP contribution >= 0.6 is 11.6 Å². The zero-order valence-electron chi connectivity index (χ0n) is 14.7. The molecular weight excluding hydrogens is 380 g/mol. The number of anilines is 2. The zero-order chi connectivity index (χ0) is 19.3. The predicted octanol–water partition coefficient (Wildman–Crippen LogP) is 2.48. The summed E-state index contributed by atoms with van der Waals surface area (Å²) >= 11 is 6.01. The number of rotatable bonds is 7. The van der Waals surface area contributed by atoms with Crippen LogP contribution in [0.2, 0.25) is 5.02 Å². The Balaban J connectivity index is 1.55. The molecule has 0 bridgehead atoms. The van der Waals surface area contributed by atoms with E-state index in [-0.39, 0.29) is 6.61 Å². The van der Waals surface area contributed by atoms with E-state index in [2.05, 4.69) is 40.8 Å². The van der Waals surface area contributed by atoms with Crippen LogP contribution in [0, 0.1) is 0 Å². The van der Waals surface area contributed by atoms with E-state index in [0.29, 0.717) is 47.0 Å². The van der Waals surface area contributed by atoms with E-state index in [1.165, 1.54) is 0 Å². The number of aliphatic hydroxyl groups excluding tert-OH is 1. The van der Waals surface area contributed by atoms with Crippen molar-refractivity contribution in [1.82, 2.24) is 30.1 Å². The van der Waals surface area contributed by atoms with Gasteiger partial charge >= 0.3 is 0 Å². The molecule has 0 radical (unpaired) electrons. The Bertz CT molecular complexity index is 1100. The SMILES string of the molecule is OCCNc1ncc2c(-c3ccnc(NCc4cccc(Cl)c4)n3)n[nH]c2n1. The van der Waals surface area contributed by atoms with Gasteiger partial charge in [0.05, 0.1) is 17.7 Å². The molecule has 0 aliphatic heterocycles. The second-order valence-corrected chi connectivity index (χ2v) is 6.36. The molecule has 0 atom stereocenters. The lowest BCUT2D eigenvalue weighted by atomic mass is 10.2. The van der Waals surface area contributed by atoms with Gasteiger partial charge in [-0.2, -0.15) is 10.1 Å². The summed E-state index contributed by atoms with van der Waals surface area (Å²) in [7, 11) is 0. The Morgan fingerprint density at radius 3 is 2.82 bits per heavy atom. The lowest BCUT2D eigenvalue weighted by Crippen LogP contribution is -2.08. The normalized spacial score (nSPS) is 10.9. The average molecular weight is 397 g/mol. The Hall–Kier alpha value is -3.30. The maximum atomic E-state index is 8.88. The first-order chi connectivity index (χ1) is 13.7. The van der Waals surface area contributed by atoms with Gasteiger partial charge in [-0.15, -0.1) is 0 Å². The first-order valence-corrected chi connectivity index (χ1v) is 8.98. The number of aliphatic hydroxyl groups is 1. The number of benzene rings is 1. The molecular formula is C18H17ClN8O. The van der Waals surface area contributed by atoms with Crippen molar-refractivity contribution in [3.8, 4) is 11.4 Å². The molecule has 0 saturated heterocycles. The molecule has 28 heavy (non-hydrogen) atoms. The molecule has 3 aromatic heterocycles. The molecule has 3 heterocycles. The fraction of sp³-hybridized carbons (Fsp3) is 0.167. The quantitative estimate of drug-likeness (QED) is 0.375. The first-order valence-electron chi connectivity index (χ1n) is 8.60. The summed E-state index contributed by atoms with van der Waals surface area (Å²) in [5.74, 6) is 0.902. The lowest BCUT2D eigenvalue weighted by molar-refractivity contribution is 0.311. The lowest BCUT2D eigenvalue weighted by Gasteiger charge is -2.06. The highest BCUT2D eigenvalue weighted by Gasteiger charge is 2.13. The Labute approximate surface area is 165 Å². The molecule has 142 valence electrons. The van der Waals surface area contributed by atoms with Gasteiger partial charge in [0.15, 0.2) is 5.65 Å². The second-order valence-electron chi connectivity index (χ2n) is 5.93. The van der Waals surface area contributed by atoms with E-state index in [4.69, 9.17) is 16.7 Å². The number of aromatic nitrogens is 6. The van der Waals surface area contributed by atoms with Gasteiger partial charge < -0.3 is 15.7 Å². The number of H-pyrrole nitrogens is 1. The van der Waals surface area contributed by atoms with Gasteiger partial charge in [0.1, 0.15) is 5.69 Å². The second kappa shape index (κ2) is 8.15. The number of fused-ring (bicyclic) bond motifs is 1. The van der Waals surface area contributed by atoms with Gasteiger partial charge in [-0.1, -0.05) is 23.7 Å². The minimum Gasteiger partial charge on any atom is -0.395 e. The summed E-state index contributed by atoms with van der Waals surface area (Å²) in [5, 5.41) is 23.6. The van der Waals surface area contributed by atoms with Crippen LogP contribution in [0.15, 0.2) is 42.7 Å². The van der Waals surface area contributed by atoms with Crippen LogP contribution in [0.25, 0.3) is 22.4 Å². The van der Waals surface area contributed by atoms with Crippen molar-refractivity contribution in [2.24, 2.45) is 0 Å². The van der Waals surface area contributed by atoms with Crippen LogP contribution < -0.4 is 10.6 Å². The number of hydrogen-bond acceptors (Lipinski definition) is 8. The molecule has 0 aliphatic rings. The first kappa shape index (κ1) is 18.1. The molecule has 4 aromatic rings. The van der Waals surface area contributed by atoms with Crippen molar-refractivity contribution in [2.45, 2.75) is 6.54 Å². The molecule has 9 nitrogen and oxygen atoms in total. The standard InChI is InChI=1S/C18H17ClN8O/c19-12-3-1-2-11(8-12)9-22-17-20-5-4-14(24-17)15-13-10-23-18(21-6-7-28)25-16(13)27-26-15/h1-5,8,10,28H,6-7,9H2,(H,20,22,24)(H2,21,23,25,26,27). The summed E-state index contributed by atoms with van der Waals surface area (Å²) in [6.45, 7) is 0.927. The number of halogens is 1. The van der Waals surface area contributed by atoms with Crippen LogP contribution in [0.4, 0.5) is 11.9 Å². The monoisotopic (exact) mass is 396 g/mol. The minimum atomic E-state index is 0.00151. The fourth-order valence-corrected chi connectivity index (χ4v) is 2.87. The van der Waals surface area contributed by atoms with Gasteiger partial charge in [0.25, 0.3) is 0 Å². The maximum Gasteiger partial charge on any atom is 0.224 e. The van der Waals surface area contributed by atoms with Crippen LogP contribution in [0.3, 0.4) is 0 Å². The molecule has 0 aliphatic carbocycles. The van der Waals surface area contributed by atoms with Gasteiger partial charge in [-0.3, -0.25) is 5.10 Å². The van der Waals surface area contributed by atoms with Crippen LogP contribution in [0.5, 0.6) is 0 Å². The molecule has 0 amide bonds. The van der Waals surface area contributed by atoms with Gasteiger partial charge in [0.2, 0.25) is 11.9 Å². The van der Waals surface area contributed by atoms with Crippen LogP contribution in [-0.4, -0.2) is 48.4 Å². The average Bonchev–Trinajstić information content (AvgIpc) is 3.14. The van der Waals surface area contributed by atoms with Gasteiger partial charge in [-0.05, 0) is 23.8 Å². The van der Waals surface area contributed by atoms with Crippen LogP contribution in [-0.2, 0) is 6.54 Å². The van der Waals surface area contributed by atoms with Crippen LogP contribution in [0.1, 0.15) is 5.56 Å². The van der Waals surface area contributed by atoms with Gasteiger partial charge in [-0.25, -0.2) is 15.0 Å². The van der Waals surface area contributed by atoms with Gasteiger partial charge in [0, 0.05) is 30.5 Å². The highest BCUT2D eigenvalue weighted by atomic mass is 35.5. The third-order valence-corrected chi connectivity index (χ3v) is 4.19.